The highest BCUT2D eigenvalue weighted by Gasteiger charge is 2.12. The van der Waals surface area contributed by atoms with Crippen LogP contribution in [0.2, 0.25) is 0 Å². The summed E-state index contributed by atoms with van der Waals surface area (Å²) in [5.41, 5.74) is 0. The number of carbonyl (C=O) groups excluding carboxylic acids is 1. The van der Waals surface area contributed by atoms with Crippen molar-refractivity contribution in [1.82, 2.24) is 5.32 Å². The normalized spacial score (nSPS) is 11.3. The third kappa shape index (κ3) is 9.85. The Kier molecular flexibility index (Phi) is 6.36. The number of hydrogen-bond acceptors (Lipinski definition) is 4. The fourth-order valence-corrected chi connectivity index (χ4v) is 1.58. The molecule has 0 saturated heterocycles. The first kappa shape index (κ1) is 12.9. The van der Waals surface area contributed by atoms with Gasteiger partial charge in [-0.2, -0.15) is 0 Å². The Morgan fingerprint density at radius 3 is 2.69 bits per heavy atom. The van der Waals surface area contributed by atoms with Gasteiger partial charge < -0.3 is 15.1 Å². The molecule has 3 N–H and O–H groups in total. The third-order valence-corrected chi connectivity index (χ3v) is 2.44. The van der Waals surface area contributed by atoms with Crippen molar-refractivity contribution in [3.05, 3.63) is 0 Å². The second-order valence-electron chi connectivity index (χ2n) is 2.05. The monoisotopic (exact) mass is 229 g/mol. The van der Waals surface area contributed by atoms with Gasteiger partial charge in [0.05, 0.1) is 12.4 Å². The van der Waals surface area contributed by atoms with Gasteiger partial charge in [-0.15, -0.1) is 11.8 Å². The quantitative estimate of drug-likeness (QED) is 0.422. The van der Waals surface area contributed by atoms with Crippen molar-refractivity contribution in [2.75, 3.05) is 25.2 Å². The summed E-state index contributed by atoms with van der Waals surface area (Å²) in [4.78, 5) is 27.2. The summed E-state index contributed by atoms with van der Waals surface area (Å²) in [7, 11) is -2.83. The fourth-order valence-electron chi connectivity index (χ4n) is 0.452. The van der Waals surface area contributed by atoms with Crippen LogP contribution in [-0.2, 0) is 13.9 Å². The molecule has 0 aliphatic heterocycles. The molecule has 0 heterocycles. The number of hydrogen-bond donors (Lipinski definition) is 3. The van der Waals surface area contributed by atoms with Crippen molar-refractivity contribution in [2.45, 2.75) is 0 Å². The summed E-state index contributed by atoms with van der Waals surface area (Å²) in [5.74, 6) is 0.515. The Hall–Kier alpha value is -0.0700. The van der Waals surface area contributed by atoms with E-state index in [0.29, 0.717) is 5.75 Å². The maximum Gasteiger partial charge on any atom is 0.469 e. The van der Waals surface area contributed by atoms with Crippen molar-refractivity contribution < 1.29 is 23.7 Å². The van der Waals surface area contributed by atoms with Crippen LogP contribution in [0, 0.1) is 0 Å². The Bertz CT molecular complexity index is 205. The maximum absolute atomic E-state index is 10.6. The Labute approximate surface area is 80.3 Å². The highest BCUT2D eigenvalue weighted by atomic mass is 32.2. The number of carbonyl (C=O) groups is 1. The second-order valence-corrected chi connectivity index (χ2v) is 4.39. The second kappa shape index (κ2) is 6.39. The lowest BCUT2D eigenvalue weighted by Gasteiger charge is -2.04. The Morgan fingerprint density at radius 2 is 2.23 bits per heavy atom. The minimum atomic E-state index is -4.35. The number of nitrogens with one attached hydrogen (secondary N) is 1. The van der Waals surface area contributed by atoms with Crippen LogP contribution in [0.1, 0.15) is 0 Å². The largest absolute Gasteiger partial charge is 0.469 e. The van der Waals surface area contributed by atoms with Gasteiger partial charge in [0, 0.05) is 12.8 Å². The van der Waals surface area contributed by atoms with Crippen LogP contribution < -0.4 is 5.32 Å². The molecule has 0 aromatic heterocycles. The lowest BCUT2D eigenvalue weighted by molar-refractivity contribution is -0.118. The molecular weight excluding hydrogens is 217 g/mol. The SMILES string of the molecule is CNC(=O)CSCCOP(=O)(O)O. The molecule has 0 spiro atoms. The van der Waals surface area contributed by atoms with Gasteiger partial charge in [-0.3, -0.25) is 9.32 Å². The highest BCUT2D eigenvalue weighted by molar-refractivity contribution is 7.99. The number of phosphoric acid groups is 1. The first-order valence-electron chi connectivity index (χ1n) is 3.44. The molecule has 0 unspecified atom stereocenters. The average molecular weight is 229 g/mol. The first-order chi connectivity index (χ1) is 5.95. The summed E-state index contributed by atoms with van der Waals surface area (Å²) in [6.45, 7) is -0.0636. The lowest BCUT2D eigenvalue weighted by Crippen LogP contribution is -2.20. The van der Waals surface area contributed by atoms with Crippen molar-refractivity contribution in [3.63, 3.8) is 0 Å². The molecule has 78 valence electrons. The fraction of sp³-hybridized carbons (Fsp3) is 0.800. The lowest BCUT2D eigenvalue weighted by atomic mass is 10.7. The molecule has 0 aliphatic carbocycles. The Morgan fingerprint density at radius 1 is 1.62 bits per heavy atom. The van der Waals surface area contributed by atoms with E-state index >= 15 is 0 Å². The summed E-state index contributed by atoms with van der Waals surface area (Å²) < 4.78 is 14.3. The molecule has 8 heteroatoms. The van der Waals surface area contributed by atoms with Crippen molar-refractivity contribution in [2.24, 2.45) is 0 Å². The minimum Gasteiger partial charge on any atom is -0.358 e. The van der Waals surface area contributed by atoms with Gasteiger partial charge in [-0.05, 0) is 0 Å². The Balaban J connectivity index is 3.27. The molecular formula is C5H12NO5PS. The van der Waals surface area contributed by atoms with Crippen LogP contribution in [0.4, 0.5) is 0 Å². The standard InChI is InChI=1S/C5H12NO5PS/c1-6-5(7)4-13-3-2-11-12(8,9)10/h2-4H2,1H3,(H,6,7)(H2,8,9,10). The predicted molar refractivity (Wildman–Crippen MR) is 49.4 cm³/mol. The molecule has 13 heavy (non-hydrogen) atoms. The number of amides is 1. The highest BCUT2D eigenvalue weighted by Crippen LogP contribution is 2.35. The van der Waals surface area contributed by atoms with E-state index in [9.17, 15) is 9.36 Å². The molecule has 0 rings (SSSR count). The van der Waals surface area contributed by atoms with Crippen LogP contribution in [0.25, 0.3) is 0 Å². The van der Waals surface area contributed by atoms with Gasteiger partial charge in [-0.25, -0.2) is 4.57 Å². The van der Waals surface area contributed by atoms with Crippen LogP contribution >= 0.6 is 19.6 Å². The van der Waals surface area contributed by atoms with Crippen molar-refractivity contribution in [3.8, 4) is 0 Å². The first-order valence-corrected chi connectivity index (χ1v) is 6.12. The molecule has 0 radical (unpaired) electrons. The molecule has 0 aliphatic rings. The van der Waals surface area contributed by atoms with Crippen molar-refractivity contribution in [1.29, 1.82) is 0 Å². The number of rotatable bonds is 6. The number of thioether (sulfide) groups is 1. The molecule has 0 aromatic carbocycles. The summed E-state index contributed by atoms with van der Waals surface area (Å²) >= 11 is 1.25. The smallest absolute Gasteiger partial charge is 0.358 e. The van der Waals surface area contributed by atoms with E-state index in [1.165, 1.54) is 18.8 Å². The van der Waals surface area contributed by atoms with Crippen LogP contribution in [0.15, 0.2) is 0 Å². The van der Waals surface area contributed by atoms with E-state index in [-0.39, 0.29) is 18.3 Å². The van der Waals surface area contributed by atoms with E-state index in [0.717, 1.165) is 0 Å². The zero-order chi connectivity index (χ0) is 10.3. The van der Waals surface area contributed by atoms with E-state index in [4.69, 9.17) is 9.79 Å². The maximum atomic E-state index is 10.6. The third-order valence-electron chi connectivity index (χ3n) is 0.999. The van der Waals surface area contributed by atoms with E-state index in [1.807, 2.05) is 0 Å². The molecule has 1 amide bonds. The summed E-state index contributed by atoms with van der Waals surface area (Å²) in [6, 6.07) is 0. The molecule has 0 atom stereocenters. The number of phosphoric ester groups is 1. The van der Waals surface area contributed by atoms with Gasteiger partial charge in [0.25, 0.3) is 0 Å². The van der Waals surface area contributed by atoms with Gasteiger partial charge in [0.15, 0.2) is 0 Å². The molecule has 6 nitrogen and oxygen atoms in total. The zero-order valence-electron chi connectivity index (χ0n) is 7.10. The van der Waals surface area contributed by atoms with E-state index in [2.05, 4.69) is 9.84 Å². The van der Waals surface area contributed by atoms with Crippen LogP contribution in [-0.4, -0.2) is 40.9 Å². The molecule has 0 fully saturated rings. The summed E-state index contributed by atoms with van der Waals surface area (Å²) in [6.07, 6.45) is 0. The van der Waals surface area contributed by atoms with Crippen LogP contribution in [0.3, 0.4) is 0 Å². The van der Waals surface area contributed by atoms with Gasteiger partial charge in [0.1, 0.15) is 0 Å². The summed E-state index contributed by atoms with van der Waals surface area (Å²) in [5, 5.41) is 2.42. The van der Waals surface area contributed by atoms with E-state index < -0.39 is 7.82 Å². The van der Waals surface area contributed by atoms with Gasteiger partial charge in [0.2, 0.25) is 5.91 Å². The zero-order valence-corrected chi connectivity index (χ0v) is 8.81. The molecule has 0 saturated carbocycles. The van der Waals surface area contributed by atoms with Crippen molar-refractivity contribution >= 4 is 25.5 Å². The molecule has 0 bridgehead atoms. The predicted octanol–water partition coefficient (Wildman–Crippen LogP) is -0.425. The minimum absolute atomic E-state index is 0.0636. The van der Waals surface area contributed by atoms with Gasteiger partial charge in [-0.1, -0.05) is 0 Å². The topological polar surface area (TPSA) is 95.9 Å². The molecule has 0 aromatic rings. The average Bonchev–Trinajstić information content (AvgIpc) is 2.01. The van der Waals surface area contributed by atoms with Crippen LogP contribution in [0.5, 0.6) is 0 Å². The van der Waals surface area contributed by atoms with Gasteiger partial charge >= 0.3 is 7.82 Å². The van der Waals surface area contributed by atoms with E-state index in [1.54, 1.807) is 0 Å².